The normalized spacial score (nSPS) is 22.9. The Morgan fingerprint density at radius 2 is 2.47 bits per heavy atom. The fourth-order valence-electron chi connectivity index (χ4n) is 2.39. The molecule has 3 nitrogen and oxygen atoms in total. The number of ether oxygens (including phenoxy) is 1. The number of hydrogen-bond donors (Lipinski definition) is 1. The van der Waals surface area contributed by atoms with Crippen LogP contribution in [0.2, 0.25) is 0 Å². The first kappa shape index (κ1) is 13.0. The number of thiophene rings is 1. The van der Waals surface area contributed by atoms with Gasteiger partial charge in [-0.3, -0.25) is 4.90 Å². The quantitative estimate of drug-likeness (QED) is 0.876. The van der Waals surface area contributed by atoms with Crippen molar-refractivity contribution >= 4 is 11.3 Å². The van der Waals surface area contributed by atoms with Crippen molar-refractivity contribution in [3.05, 3.63) is 22.4 Å². The van der Waals surface area contributed by atoms with Gasteiger partial charge in [-0.25, -0.2) is 0 Å². The van der Waals surface area contributed by atoms with E-state index in [1.807, 2.05) is 0 Å². The number of likely N-dealkylation sites (N-methyl/N-ethyl adjacent to an activating group) is 1. The average molecular weight is 254 g/mol. The van der Waals surface area contributed by atoms with Crippen LogP contribution in [-0.4, -0.2) is 37.7 Å². The predicted octanol–water partition coefficient (Wildman–Crippen LogP) is 2.25. The molecule has 2 N–H and O–H groups in total. The molecule has 1 fully saturated rings. The maximum Gasteiger partial charge on any atom is 0.0702 e. The van der Waals surface area contributed by atoms with Crippen molar-refractivity contribution < 1.29 is 4.74 Å². The molecular formula is C13H22N2OS. The molecule has 2 atom stereocenters. The molecule has 1 aliphatic heterocycles. The molecule has 0 amide bonds. The Hall–Kier alpha value is -0.420. The standard InChI is InChI=1S/C13H22N2OS/c1-15(10-11-5-2-3-7-16-11)12(9-14)13-6-4-8-17-13/h4,6,8,11-12H,2-3,5,7,9-10,14H2,1H3. The van der Waals surface area contributed by atoms with Crippen molar-refractivity contribution in [1.29, 1.82) is 0 Å². The van der Waals surface area contributed by atoms with Crippen molar-refractivity contribution in [3.8, 4) is 0 Å². The van der Waals surface area contributed by atoms with Gasteiger partial charge in [0.25, 0.3) is 0 Å². The number of rotatable bonds is 5. The lowest BCUT2D eigenvalue weighted by molar-refractivity contribution is -0.00754. The van der Waals surface area contributed by atoms with E-state index in [0.29, 0.717) is 18.7 Å². The van der Waals surface area contributed by atoms with Gasteiger partial charge in [-0.15, -0.1) is 11.3 Å². The molecule has 1 saturated heterocycles. The molecule has 0 aliphatic carbocycles. The summed E-state index contributed by atoms with van der Waals surface area (Å²) in [6, 6.07) is 4.59. The second-order valence-electron chi connectivity index (χ2n) is 4.70. The highest BCUT2D eigenvalue weighted by Crippen LogP contribution is 2.24. The van der Waals surface area contributed by atoms with E-state index in [2.05, 4.69) is 29.5 Å². The van der Waals surface area contributed by atoms with Crippen LogP contribution in [-0.2, 0) is 4.74 Å². The van der Waals surface area contributed by atoms with E-state index in [4.69, 9.17) is 10.5 Å². The maximum atomic E-state index is 5.89. The van der Waals surface area contributed by atoms with Crippen LogP contribution in [0.15, 0.2) is 17.5 Å². The molecule has 0 aromatic carbocycles. The molecule has 1 aromatic rings. The smallest absolute Gasteiger partial charge is 0.0702 e. The molecule has 2 rings (SSSR count). The molecule has 0 bridgehead atoms. The molecule has 0 radical (unpaired) electrons. The fourth-order valence-corrected chi connectivity index (χ4v) is 3.30. The summed E-state index contributed by atoms with van der Waals surface area (Å²) in [5.41, 5.74) is 5.89. The predicted molar refractivity (Wildman–Crippen MR) is 72.3 cm³/mol. The summed E-state index contributed by atoms with van der Waals surface area (Å²) >= 11 is 1.78. The first-order valence-electron chi connectivity index (χ1n) is 6.36. The first-order chi connectivity index (χ1) is 8.31. The highest BCUT2D eigenvalue weighted by atomic mass is 32.1. The van der Waals surface area contributed by atoms with E-state index in [-0.39, 0.29) is 0 Å². The van der Waals surface area contributed by atoms with Crippen molar-refractivity contribution in [2.45, 2.75) is 31.4 Å². The van der Waals surface area contributed by atoms with Gasteiger partial charge in [-0.2, -0.15) is 0 Å². The lowest BCUT2D eigenvalue weighted by Crippen LogP contribution is -2.38. The van der Waals surface area contributed by atoms with Gasteiger partial charge in [0, 0.05) is 24.6 Å². The molecule has 0 spiro atoms. The maximum absolute atomic E-state index is 5.89. The van der Waals surface area contributed by atoms with Crippen molar-refractivity contribution in [3.63, 3.8) is 0 Å². The molecule has 1 aromatic heterocycles. The van der Waals surface area contributed by atoms with Crippen LogP contribution in [0.1, 0.15) is 30.2 Å². The first-order valence-corrected chi connectivity index (χ1v) is 7.24. The second-order valence-corrected chi connectivity index (χ2v) is 5.67. The molecular weight excluding hydrogens is 232 g/mol. The zero-order valence-corrected chi connectivity index (χ0v) is 11.3. The Balaban J connectivity index is 1.90. The van der Waals surface area contributed by atoms with Crippen LogP contribution >= 0.6 is 11.3 Å². The fraction of sp³-hybridized carbons (Fsp3) is 0.692. The lowest BCUT2D eigenvalue weighted by atomic mass is 10.1. The van der Waals surface area contributed by atoms with Crippen molar-refractivity contribution in [1.82, 2.24) is 4.90 Å². The minimum Gasteiger partial charge on any atom is -0.377 e. The Labute approximate surface area is 108 Å². The number of hydrogen-bond acceptors (Lipinski definition) is 4. The molecule has 17 heavy (non-hydrogen) atoms. The van der Waals surface area contributed by atoms with E-state index >= 15 is 0 Å². The molecule has 1 aliphatic rings. The molecule has 4 heteroatoms. The van der Waals surface area contributed by atoms with Gasteiger partial charge in [0.2, 0.25) is 0 Å². The topological polar surface area (TPSA) is 38.5 Å². The van der Waals surface area contributed by atoms with Crippen LogP contribution in [0.4, 0.5) is 0 Å². The van der Waals surface area contributed by atoms with Gasteiger partial charge < -0.3 is 10.5 Å². The van der Waals surface area contributed by atoms with Crippen LogP contribution < -0.4 is 5.73 Å². The van der Waals surface area contributed by atoms with Gasteiger partial charge in [0.05, 0.1) is 12.1 Å². The van der Waals surface area contributed by atoms with Crippen molar-refractivity contribution in [2.24, 2.45) is 5.73 Å². The Bertz CT molecular complexity index is 309. The minimum absolute atomic E-state index is 0.334. The third-order valence-electron chi connectivity index (χ3n) is 3.39. The molecule has 2 unspecified atom stereocenters. The van der Waals surface area contributed by atoms with E-state index in [9.17, 15) is 0 Å². The van der Waals surface area contributed by atoms with Gasteiger partial charge in [-0.05, 0) is 37.8 Å². The largest absolute Gasteiger partial charge is 0.377 e. The Morgan fingerprint density at radius 1 is 1.59 bits per heavy atom. The monoisotopic (exact) mass is 254 g/mol. The van der Waals surface area contributed by atoms with E-state index in [1.165, 1.54) is 24.1 Å². The summed E-state index contributed by atoms with van der Waals surface area (Å²) < 4.78 is 5.78. The average Bonchev–Trinajstić information content (AvgIpc) is 2.85. The minimum atomic E-state index is 0.334. The van der Waals surface area contributed by atoms with Gasteiger partial charge in [-0.1, -0.05) is 6.07 Å². The van der Waals surface area contributed by atoms with E-state index in [1.54, 1.807) is 11.3 Å². The van der Waals surface area contributed by atoms with Gasteiger partial charge in [0.1, 0.15) is 0 Å². The third-order valence-corrected chi connectivity index (χ3v) is 4.37. The summed E-state index contributed by atoms with van der Waals surface area (Å²) in [6.45, 7) is 2.58. The summed E-state index contributed by atoms with van der Waals surface area (Å²) in [5.74, 6) is 0. The van der Waals surface area contributed by atoms with Crippen molar-refractivity contribution in [2.75, 3.05) is 26.7 Å². The van der Waals surface area contributed by atoms with Gasteiger partial charge in [0.15, 0.2) is 0 Å². The summed E-state index contributed by atoms with van der Waals surface area (Å²) in [7, 11) is 2.15. The van der Waals surface area contributed by atoms with Crippen LogP contribution in [0.25, 0.3) is 0 Å². The SMILES string of the molecule is CN(CC1CCCCO1)C(CN)c1cccs1. The molecule has 96 valence electrons. The third kappa shape index (κ3) is 3.52. The Morgan fingerprint density at radius 3 is 3.06 bits per heavy atom. The summed E-state index contributed by atoms with van der Waals surface area (Å²) in [4.78, 5) is 3.69. The highest BCUT2D eigenvalue weighted by Gasteiger charge is 2.21. The van der Waals surface area contributed by atoms with Gasteiger partial charge >= 0.3 is 0 Å². The van der Waals surface area contributed by atoms with Crippen LogP contribution in [0, 0.1) is 0 Å². The zero-order valence-electron chi connectivity index (χ0n) is 10.5. The number of nitrogens with two attached hydrogens (primary N) is 1. The second kappa shape index (κ2) is 6.50. The van der Waals surface area contributed by atoms with Crippen LogP contribution in [0.3, 0.4) is 0 Å². The highest BCUT2D eigenvalue weighted by molar-refractivity contribution is 7.10. The molecule has 2 heterocycles. The Kier molecular flexibility index (Phi) is 4.98. The summed E-state index contributed by atoms with van der Waals surface area (Å²) in [5, 5.41) is 2.11. The van der Waals surface area contributed by atoms with E-state index < -0.39 is 0 Å². The van der Waals surface area contributed by atoms with Crippen LogP contribution in [0.5, 0.6) is 0 Å². The summed E-state index contributed by atoms with van der Waals surface area (Å²) in [6.07, 6.45) is 4.09. The lowest BCUT2D eigenvalue weighted by Gasteiger charge is -2.31. The van der Waals surface area contributed by atoms with E-state index in [0.717, 1.165) is 13.2 Å². The zero-order chi connectivity index (χ0) is 12.1. The molecule has 0 saturated carbocycles. The number of nitrogens with zero attached hydrogens (tertiary/aromatic N) is 1.